The van der Waals surface area contributed by atoms with Gasteiger partial charge in [0.1, 0.15) is 6.54 Å². The van der Waals surface area contributed by atoms with E-state index in [-0.39, 0.29) is 26.0 Å². The van der Waals surface area contributed by atoms with Crippen LogP contribution < -0.4 is 9.73 Å². The molecular formula is C26H27Cl2N3O3S. The van der Waals surface area contributed by atoms with E-state index in [2.05, 4.69) is 36.5 Å². The number of carbonyl (C=O) groups excluding carboxylic acids is 1. The third-order valence-corrected chi connectivity index (χ3v) is 7.96. The predicted octanol–water partition coefficient (Wildman–Crippen LogP) is 6.05. The summed E-state index contributed by atoms with van der Waals surface area (Å²) in [5, 5.41) is 4.67. The molecule has 0 aliphatic carbocycles. The van der Waals surface area contributed by atoms with Crippen LogP contribution in [0.25, 0.3) is 0 Å². The maximum atomic E-state index is 13.4. The molecule has 0 unspecified atom stereocenters. The molecule has 35 heavy (non-hydrogen) atoms. The Hall–Kier alpha value is -2.87. The van der Waals surface area contributed by atoms with Gasteiger partial charge in [-0.25, -0.2) is 13.8 Å². The van der Waals surface area contributed by atoms with Crippen molar-refractivity contribution in [1.82, 2.24) is 5.43 Å². The van der Waals surface area contributed by atoms with Gasteiger partial charge in [-0.05, 0) is 54.7 Å². The van der Waals surface area contributed by atoms with Crippen LogP contribution in [0.4, 0.5) is 5.69 Å². The number of nitrogens with one attached hydrogen (secondary N) is 1. The van der Waals surface area contributed by atoms with E-state index >= 15 is 0 Å². The maximum absolute atomic E-state index is 13.4. The van der Waals surface area contributed by atoms with Gasteiger partial charge in [-0.1, -0.05) is 85.6 Å². The predicted molar refractivity (Wildman–Crippen MR) is 143 cm³/mol. The number of amides is 1. The number of carbonyl (C=O) groups is 1. The van der Waals surface area contributed by atoms with Crippen molar-refractivity contribution < 1.29 is 13.2 Å². The second-order valence-corrected chi connectivity index (χ2v) is 11.4. The first-order valence-corrected chi connectivity index (χ1v) is 13.1. The van der Waals surface area contributed by atoms with Crippen LogP contribution in [-0.2, 0) is 20.2 Å². The van der Waals surface area contributed by atoms with Crippen LogP contribution >= 0.6 is 23.2 Å². The van der Waals surface area contributed by atoms with Gasteiger partial charge in [-0.15, -0.1) is 0 Å². The monoisotopic (exact) mass is 531 g/mol. The zero-order chi connectivity index (χ0) is 25.6. The summed E-state index contributed by atoms with van der Waals surface area (Å²) in [6.07, 6.45) is 0.607. The minimum absolute atomic E-state index is 0.0446. The van der Waals surface area contributed by atoms with Gasteiger partial charge in [0.15, 0.2) is 0 Å². The van der Waals surface area contributed by atoms with E-state index in [1.807, 2.05) is 25.1 Å². The van der Waals surface area contributed by atoms with Crippen LogP contribution in [0.15, 0.2) is 88.9 Å². The molecule has 6 nitrogen and oxygen atoms in total. The van der Waals surface area contributed by atoms with E-state index in [1.54, 1.807) is 18.2 Å². The highest BCUT2D eigenvalue weighted by Gasteiger charge is 2.28. The summed E-state index contributed by atoms with van der Waals surface area (Å²) in [5.41, 5.74) is 4.37. The maximum Gasteiger partial charge on any atom is 0.264 e. The lowest BCUT2D eigenvalue weighted by Gasteiger charge is -2.25. The van der Waals surface area contributed by atoms with E-state index in [0.29, 0.717) is 12.1 Å². The molecule has 184 valence electrons. The van der Waals surface area contributed by atoms with Crippen LogP contribution in [0.3, 0.4) is 0 Å². The van der Waals surface area contributed by atoms with Crippen molar-refractivity contribution in [1.29, 1.82) is 0 Å². The van der Waals surface area contributed by atoms with Crippen LogP contribution in [0.2, 0.25) is 10.0 Å². The zero-order valence-corrected chi connectivity index (χ0v) is 22.0. The Kier molecular flexibility index (Phi) is 8.59. The molecule has 0 radical (unpaired) electrons. The van der Waals surface area contributed by atoms with Gasteiger partial charge >= 0.3 is 0 Å². The minimum Gasteiger partial charge on any atom is -0.271 e. The van der Waals surface area contributed by atoms with Crippen molar-refractivity contribution in [2.24, 2.45) is 5.10 Å². The molecule has 1 N–H and O–H groups in total. The van der Waals surface area contributed by atoms with E-state index in [9.17, 15) is 13.2 Å². The Morgan fingerprint density at radius 2 is 1.54 bits per heavy atom. The number of anilines is 1. The Balaban J connectivity index is 1.81. The van der Waals surface area contributed by atoms with Gasteiger partial charge in [0, 0.05) is 5.71 Å². The smallest absolute Gasteiger partial charge is 0.264 e. The quantitative estimate of drug-likeness (QED) is 0.269. The Morgan fingerprint density at radius 1 is 0.943 bits per heavy atom. The minimum atomic E-state index is -4.06. The van der Waals surface area contributed by atoms with Gasteiger partial charge in [-0.3, -0.25) is 9.10 Å². The lowest BCUT2D eigenvalue weighted by Crippen LogP contribution is -2.39. The largest absolute Gasteiger partial charge is 0.271 e. The Labute approximate surface area is 216 Å². The van der Waals surface area contributed by atoms with E-state index < -0.39 is 22.5 Å². The molecule has 3 aromatic rings. The number of sulfonamides is 1. The molecule has 0 bridgehead atoms. The molecule has 3 aromatic carbocycles. The third-order valence-electron chi connectivity index (χ3n) is 5.43. The van der Waals surface area contributed by atoms with Gasteiger partial charge in [0.2, 0.25) is 0 Å². The van der Waals surface area contributed by atoms with E-state index in [0.717, 1.165) is 9.87 Å². The molecular weight excluding hydrogens is 505 g/mol. The molecule has 1 amide bonds. The highest BCUT2D eigenvalue weighted by molar-refractivity contribution is 7.92. The molecule has 9 heteroatoms. The summed E-state index contributed by atoms with van der Waals surface area (Å²) in [4.78, 5) is 12.9. The number of nitrogens with zero attached hydrogens (tertiary/aromatic N) is 2. The molecule has 0 aliphatic rings. The van der Waals surface area contributed by atoms with Gasteiger partial charge in [-0.2, -0.15) is 5.10 Å². The normalized spacial score (nSPS) is 12.3. The average Bonchev–Trinajstić information content (AvgIpc) is 2.84. The first kappa shape index (κ1) is 26.7. The molecule has 0 aromatic heterocycles. The van der Waals surface area contributed by atoms with Crippen LogP contribution in [0.5, 0.6) is 0 Å². The van der Waals surface area contributed by atoms with Crippen LogP contribution in [0.1, 0.15) is 32.8 Å². The summed E-state index contributed by atoms with van der Waals surface area (Å²) in [6, 6.07) is 22.3. The number of hydrogen-bond acceptors (Lipinski definition) is 4. The SMILES string of the molecule is C/C(CC(C)(C)c1ccccc1)=N/NC(=O)CN(c1ccc(Cl)c(Cl)c1)S(=O)(=O)c1ccccc1. The summed E-state index contributed by atoms with van der Waals surface area (Å²) in [6.45, 7) is 5.53. The van der Waals surface area contributed by atoms with Gasteiger partial charge in [0.05, 0.1) is 20.6 Å². The van der Waals surface area contributed by atoms with Crippen molar-refractivity contribution >= 4 is 50.5 Å². The van der Waals surface area contributed by atoms with Gasteiger partial charge < -0.3 is 0 Å². The van der Waals surface area contributed by atoms with Crippen molar-refractivity contribution in [2.45, 2.75) is 37.5 Å². The van der Waals surface area contributed by atoms with Crippen LogP contribution in [0, 0.1) is 0 Å². The molecule has 0 spiro atoms. The highest BCUT2D eigenvalue weighted by atomic mass is 35.5. The first-order valence-electron chi connectivity index (χ1n) is 10.9. The fourth-order valence-electron chi connectivity index (χ4n) is 3.67. The number of benzene rings is 3. The van der Waals surface area contributed by atoms with E-state index in [1.165, 1.54) is 30.3 Å². The number of rotatable bonds is 9. The summed E-state index contributed by atoms with van der Waals surface area (Å²) < 4.78 is 27.7. The lowest BCUT2D eigenvalue weighted by atomic mass is 9.80. The average molecular weight is 532 g/mol. The topological polar surface area (TPSA) is 78.8 Å². The Morgan fingerprint density at radius 3 is 2.14 bits per heavy atom. The number of hydrogen-bond donors (Lipinski definition) is 1. The molecule has 0 heterocycles. The molecule has 0 atom stereocenters. The molecule has 0 saturated carbocycles. The zero-order valence-electron chi connectivity index (χ0n) is 19.7. The summed E-state index contributed by atoms with van der Waals surface area (Å²) >= 11 is 12.1. The third kappa shape index (κ3) is 6.84. The molecule has 0 fully saturated rings. The lowest BCUT2D eigenvalue weighted by molar-refractivity contribution is -0.119. The molecule has 0 saturated heterocycles. The highest BCUT2D eigenvalue weighted by Crippen LogP contribution is 2.30. The van der Waals surface area contributed by atoms with E-state index in [4.69, 9.17) is 23.2 Å². The second-order valence-electron chi connectivity index (χ2n) is 8.73. The Bertz CT molecular complexity index is 1310. The molecule has 0 aliphatic heterocycles. The molecule has 3 rings (SSSR count). The first-order chi connectivity index (χ1) is 16.5. The number of hydrazone groups is 1. The van der Waals surface area contributed by atoms with Crippen LogP contribution in [-0.4, -0.2) is 26.6 Å². The van der Waals surface area contributed by atoms with Crippen molar-refractivity contribution in [2.75, 3.05) is 10.8 Å². The van der Waals surface area contributed by atoms with Crippen molar-refractivity contribution in [3.8, 4) is 0 Å². The second kappa shape index (κ2) is 11.2. The van der Waals surface area contributed by atoms with Gasteiger partial charge in [0.25, 0.3) is 15.9 Å². The standard InChI is InChI=1S/C26H27Cl2N3O3S/c1-19(17-26(2,3)20-10-6-4-7-11-20)29-30-25(32)18-31(21-14-15-23(27)24(28)16-21)35(33,34)22-12-8-5-9-13-22/h4-16H,17-18H2,1-3H3,(H,30,32)/b29-19-. The number of halogens is 2. The summed E-state index contributed by atoms with van der Waals surface area (Å²) in [5.74, 6) is -0.590. The summed E-state index contributed by atoms with van der Waals surface area (Å²) in [7, 11) is -4.06. The fourth-order valence-corrected chi connectivity index (χ4v) is 5.40. The fraction of sp³-hybridized carbons (Fsp3) is 0.231. The van der Waals surface area contributed by atoms with Crippen molar-refractivity contribution in [3.63, 3.8) is 0 Å². The van der Waals surface area contributed by atoms with Crippen molar-refractivity contribution in [3.05, 3.63) is 94.5 Å².